The minimum atomic E-state index is -0.288. The second kappa shape index (κ2) is 7.23. The first-order valence-electron chi connectivity index (χ1n) is 11.1. The van der Waals surface area contributed by atoms with E-state index >= 15 is 0 Å². The largest absolute Gasteiger partial charge is 0.360 e. The number of amides is 1. The van der Waals surface area contributed by atoms with Gasteiger partial charge in [-0.25, -0.2) is 0 Å². The lowest BCUT2D eigenvalue weighted by Crippen LogP contribution is -2.37. The molecule has 158 valence electrons. The van der Waals surface area contributed by atoms with Crippen LogP contribution < -0.4 is 5.32 Å². The highest BCUT2D eigenvalue weighted by Crippen LogP contribution is 2.48. The molecule has 4 heteroatoms. The van der Waals surface area contributed by atoms with Crippen LogP contribution in [0.4, 0.5) is 0 Å². The van der Waals surface area contributed by atoms with Crippen LogP contribution in [-0.2, 0) is 9.59 Å². The fourth-order valence-corrected chi connectivity index (χ4v) is 5.25. The van der Waals surface area contributed by atoms with Crippen LogP contribution in [-0.4, -0.2) is 29.7 Å². The summed E-state index contributed by atoms with van der Waals surface area (Å²) < 4.78 is 0. The average Bonchev–Trinajstić information content (AvgIpc) is 3.07. The molecule has 1 atom stereocenters. The van der Waals surface area contributed by atoms with Crippen molar-refractivity contribution in [1.82, 2.24) is 10.2 Å². The quantitative estimate of drug-likeness (QED) is 0.788. The third-order valence-electron chi connectivity index (χ3n) is 6.72. The van der Waals surface area contributed by atoms with Crippen molar-refractivity contribution in [3.8, 4) is 11.1 Å². The van der Waals surface area contributed by atoms with E-state index in [1.807, 2.05) is 30.0 Å². The number of ketones is 1. The number of allylic oxidation sites excluding steroid dienone is 2. The Morgan fingerprint density at radius 2 is 1.58 bits per heavy atom. The first-order chi connectivity index (χ1) is 14.9. The van der Waals surface area contributed by atoms with Crippen LogP contribution in [0.15, 0.2) is 77.1 Å². The Labute approximate surface area is 183 Å². The molecule has 1 N–H and O–H groups in total. The minimum absolute atomic E-state index is 0.0475. The number of dihydropyridines is 1. The fourth-order valence-electron chi connectivity index (χ4n) is 5.25. The normalized spacial score (nSPS) is 22.4. The van der Waals surface area contributed by atoms with Crippen LogP contribution >= 0.6 is 0 Å². The van der Waals surface area contributed by atoms with Gasteiger partial charge in [-0.15, -0.1) is 0 Å². The van der Waals surface area contributed by atoms with Crippen molar-refractivity contribution in [2.75, 3.05) is 13.1 Å². The molecule has 1 unspecified atom stereocenters. The maximum atomic E-state index is 13.3. The van der Waals surface area contributed by atoms with Crippen LogP contribution in [0.1, 0.15) is 45.1 Å². The van der Waals surface area contributed by atoms with E-state index in [1.165, 1.54) is 0 Å². The van der Waals surface area contributed by atoms with Crippen molar-refractivity contribution in [3.05, 3.63) is 82.7 Å². The van der Waals surface area contributed by atoms with Gasteiger partial charge in [0, 0.05) is 35.9 Å². The van der Waals surface area contributed by atoms with Gasteiger partial charge in [0.2, 0.25) is 0 Å². The van der Waals surface area contributed by atoms with Gasteiger partial charge in [0.05, 0.1) is 12.1 Å². The minimum Gasteiger partial charge on any atom is -0.360 e. The third-order valence-corrected chi connectivity index (χ3v) is 6.72. The maximum Gasteiger partial charge on any atom is 0.252 e. The smallest absolute Gasteiger partial charge is 0.252 e. The second-order valence-corrected chi connectivity index (χ2v) is 9.59. The molecule has 1 amide bonds. The Bertz CT molecular complexity index is 1120. The summed E-state index contributed by atoms with van der Waals surface area (Å²) in [4.78, 5) is 28.4. The van der Waals surface area contributed by atoms with Gasteiger partial charge in [-0.2, -0.15) is 0 Å². The number of likely N-dealkylation sites (N-methyl/N-ethyl adjacent to an activating group) is 1. The molecule has 2 aromatic carbocycles. The summed E-state index contributed by atoms with van der Waals surface area (Å²) in [7, 11) is 0. The fraction of sp³-hybridized carbons (Fsp3) is 0.333. The molecule has 0 fully saturated rings. The molecule has 0 radical (unpaired) electrons. The third kappa shape index (κ3) is 3.31. The monoisotopic (exact) mass is 412 g/mol. The van der Waals surface area contributed by atoms with Crippen LogP contribution in [0.5, 0.6) is 0 Å². The molecular weight excluding hydrogens is 384 g/mol. The molecule has 0 aromatic heterocycles. The first-order valence-corrected chi connectivity index (χ1v) is 11.1. The number of rotatable bonds is 3. The number of benzene rings is 2. The topological polar surface area (TPSA) is 49.4 Å². The number of Topliss-reactive ketones (excluding diaryl/α,β-unsaturated/α-hetero) is 1. The van der Waals surface area contributed by atoms with E-state index in [4.69, 9.17) is 0 Å². The number of nitrogens with zero attached hydrogens (tertiary/aromatic N) is 1. The lowest BCUT2D eigenvalue weighted by atomic mass is 9.68. The van der Waals surface area contributed by atoms with Crippen LogP contribution in [0.2, 0.25) is 0 Å². The summed E-state index contributed by atoms with van der Waals surface area (Å²) in [5, 5.41) is 3.51. The number of carbonyl (C=O) groups excluding carboxylic acids is 2. The Kier molecular flexibility index (Phi) is 4.62. The standard InChI is InChI=1S/C27H28N2O2/c1-4-29-16-21-25(26(29)31)23(24-20(28-21)14-27(2,3)15-22(24)30)19-12-10-18(11-13-19)17-8-6-5-7-9-17/h5-13,23,28H,4,14-16H2,1-3H3. The van der Waals surface area contributed by atoms with E-state index in [9.17, 15) is 9.59 Å². The number of carbonyl (C=O) groups is 2. The van der Waals surface area contributed by atoms with Gasteiger partial charge < -0.3 is 10.2 Å². The molecule has 2 aromatic rings. The molecule has 31 heavy (non-hydrogen) atoms. The molecule has 5 rings (SSSR count). The highest BCUT2D eigenvalue weighted by molar-refractivity contribution is 6.06. The summed E-state index contributed by atoms with van der Waals surface area (Å²) in [6.07, 6.45) is 1.34. The number of hydrogen-bond acceptors (Lipinski definition) is 3. The molecule has 0 spiro atoms. The molecule has 2 aliphatic heterocycles. The lowest BCUT2D eigenvalue weighted by molar-refractivity contribution is -0.125. The van der Waals surface area contributed by atoms with E-state index in [0.29, 0.717) is 19.5 Å². The molecule has 1 aliphatic carbocycles. The van der Waals surface area contributed by atoms with Crippen LogP contribution in [0, 0.1) is 5.41 Å². The van der Waals surface area contributed by atoms with Gasteiger partial charge in [-0.05, 0) is 35.4 Å². The van der Waals surface area contributed by atoms with Crippen molar-refractivity contribution in [1.29, 1.82) is 0 Å². The van der Waals surface area contributed by atoms with Gasteiger partial charge in [-0.3, -0.25) is 9.59 Å². The molecule has 0 saturated carbocycles. The zero-order chi connectivity index (χ0) is 21.8. The first kappa shape index (κ1) is 19.8. The molecule has 0 saturated heterocycles. The molecule has 3 aliphatic rings. The van der Waals surface area contributed by atoms with Gasteiger partial charge in [0.15, 0.2) is 5.78 Å². The van der Waals surface area contributed by atoms with Crippen molar-refractivity contribution in [2.24, 2.45) is 5.41 Å². The van der Waals surface area contributed by atoms with E-state index in [2.05, 4.69) is 55.6 Å². The Morgan fingerprint density at radius 1 is 0.903 bits per heavy atom. The van der Waals surface area contributed by atoms with Crippen LogP contribution in [0.3, 0.4) is 0 Å². The van der Waals surface area contributed by atoms with Crippen molar-refractivity contribution in [3.63, 3.8) is 0 Å². The van der Waals surface area contributed by atoms with E-state index in [1.54, 1.807) is 0 Å². The molecule has 0 bridgehead atoms. The summed E-state index contributed by atoms with van der Waals surface area (Å²) >= 11 is 0. The SMILES string of the molecule is CCN1CC2=C(C1=O)C(c1ccc(-c3ccccc3)cc1)C1=C(CC(C)(C)CC1=O)N2. The average molecular weight is 413 g/mol. The highest BCUT2D eigenvalue weighted by atomic mass is 16.2. The summed E-state index contributed by atoms with van der Waals surface area (Å²) in [6.45, 7) is 7.54. The molecule has 4 nitrogen and oxygen atoms in total. The summed E-state index contributed by atoms with van der Waals surface area (Å²) in [5.41, 5.74) is 6.74. The van der Waals surface area contributed by atoms with Crippen molar-refractivity contribution in [2.45, 2.75) is 39.5 Å². The molecule has 2 heterocycles. The second-order valence-electron chi connectivity index (χ2n) is 9.59. The Balaban J connectivity index is 1.61. The van der Waals surface area contributed by atoms with Crippen molar-refractivity contribution >= 4 is 11.7 Å². The maximum absolute atomic E-state index is 13.3. The van der Waals surface area contributed by atoms with Gasteiger partial charge >= 0.3 is 0 Å². The van der Waals surface area contributed by atoms with Gasteiger partial charge in [0.25, 0.3) is 5.91 Å². The lowest BCUT2D eigenvalue weighted by Gasteiger charge is -2.38. The number of nitrogens with one attached hydrogen (secondary N) is 1. The summed E-state index contributed by atoms with van der Waals surface area (Å²) in [6, 6.07) is 18.6. The number of hydrogen-bond donors (Lipinski definition) is 1. The Morgan fingerprint density at radius 3 is 2.26 bits per heavy atom. The van der Waals surface area contributed by atoms with Crippen molar-refractivity contribution < 1.29 is 9.59 Å². The summed E-state index contributed by atoms with van der Waals surface area (Å²) in [5.74, 6) is -0.0831. The van der Waals surface area contributed by atoms with E-state index in [-0.39, 0.29) is 23.0 Å². The van der Waals surface area contributed by atoms with Gasteiger partial charge in [0.1, 0.15) is 0 Å². The van der Waals surface area contributed by atoms with E-state index < -0.39 is 0 Å². The Hall–Kier alpha value is -3.14. The highest BCUT2D eigenvalue weighted by Gasteiger charge is 2.46. The predicted octanol–water partition coefficient (Wildman–Crippen LogP) is 4.80. The van der Waals surface area contributed by atoms with Crippen LogP contribution in [0.25, 0.3) is 11.1 Å². The zero-order valence-corrected chi connectivity index (χ0v) is 18.4. The predicted molar refractivity (Wildman–Crippen MR) is 122 cm³/mol. The van der Waals surface area contributed by atoms with E-state index in [0.717, 1.165) is 45.7 Å². The van der Waals surface area contributed by atoms with Gasteiger partial charge in [-0.1, -0.05) is 68.4 Å². The molecular formula is C27H28N2O2. The zero-order valence-electron chi connectivity index (χ0n) is 18.4.